The van der Waals surface area contributed by atoms with Crippen LogP contribution in [0.25, 0.3) is 5.69 Å². The lowest BCUT2D eigenvalue weighted by molar-refractivity contribution is 0.0603. The summed E-state index contributed by atoms with van der Waals surface area (Å²) in [5.41, 5.74) is 3.69. The lowest BCUT2D eigenvalue weighted by atomic mass is 10.1. The normalized spacial score (nSPS) is 20.3. The monoisotopic (exact) mass is 426 g/mol. The molecular weight excluding hydrogens is 404 g/mol. The van der Waals surface area contributed by atoms with Crippen molar-refractivity contribution in [3.8, 4) is 5.69 Å². The van der Waals surface area contributed by atoms with Crippen molar-refractivity contribution in [3.05, 3.63) is 45.7 Å². The number of aromatic nitrogens is 2. The summed E-state index contributed by atoms with van der Waals surface area (Å²) in [6, 6.07) is 8.19. The van der Waals surface area contributed by atoms with Gasteiger partial charge in [-0.1, -0.05) is 0 Å². The number of hydrogen-bond acceptors (Lipinski definition) is 3. The summed E-state index contributed by atoms with van der Waals surface area (Å²) in [7, 11) is 0. The van der Waals surface area contributed by atoms with Crippen LogP contribution < -0.4 is 5.32 Å². The Morgan fingerprint density at radius 3 is 2.44 bits per heavy atom. The van der Waals surface area contributed by atoms with E-state index in [0.29, 0.717) is 6.04 Å². The molecule has 1 aliphatic rings. The third kappa shape index (κ3) is 3.76. The van der Waals surface area contributed by atoms with Gasteiger partial charge in [-0.3, -0.25) is 4.79 Å². The molecule has 1 N–H and O–H groups in total. The molecule has 1 aliphatic heterocycles. The highest BCUT2D eigenvalue weighted by molar-refractivity contribution is 9.10. The van der Waals surface area contributed by atoms with Crippen molar-refractivity contribution in [1.29, 1.82) is 0 Å². The first-order chi connectivity index (χ1) is 11.4. The summed E-state index contributed by atoms with van der Waals surface area (Å²) < 4.78 is 2.91. The number of hydrogen-bond donors (Lipinski definition) is 1. The maximum absolute atomic E-state index is 12.8. The number of carbonyl (C=O) groups is 1. The van der Waals surface area contributed by atoms with Gasteiger partial charge in [-0.15, -0.1) is 12.4 Å². The van der Waals surface area contributed by atoms with E-state index in [1.807, 2.05) is 47.7 Å². The Morgan fingerprint density at radius 2 is 1.88 bits per heavy atom. The van der Waals surface area contributed by atoms with E-state index in [1.54, 1.807) is 0 Å². The van der Waals surface area contributed by atoms with Crippen LogP contribution >= 0.6 is 28.3 Å². The largest absolute Gasteiger partial charge is 0.333 e. The van der Waals surface area contributed by atoms with Crippen molar-refractivity contribution in [1.82, 2.24) is 20.0 Å². The Kier molecular flexibility index (Phi) is 6.30. The Labute approximate surface area is 163 Å². The van der Waals surface area contributed by atoms with Crippen LogP contribution in [0.2, 0.25) is 0 Å². The van der Waals surface area contributed by atoms with Gasteiger partial charge in [0.2, 0.25) is 0 Å². The van der Waals surface area contributed by atoms with Gasteiger partial charge in [0.15, 0.2) is 0 Å². The second-order valence-corrected chi connectivity index (χ2v) is 7.22. The van der Waals surface area contributed by atoms with Gasteiger partial charge in [-0.25, -0.2) is 4.68 Å². The first kappa shape index (κ1) is 19.9. The zero-order valence-electron chi connectivity index (χ0n) is 14.9. The van der Waals surface area contributed by atoms with Gasteiger partial charge in [0.05, 0.1) is 21.5 Å². The fraction of sp³-hybridized carbons (Fsp3) is 0.444. The van der Waals surface area contributed by atoms with Crippen LogP contribution in [0.5, 0.6) is 0 Å². The summed E-state index contributed by atoms with van der Waals surface area (Å²) >= 11 is 3.55. The average molecular weight is 428 g/mol. The smallest absolute Gasteiger partial charge is 0.254 e. The number of piperazine rings is 1. The van der Waals surface area contributed by atoms with E-state index in [2.05, 4.69) is 40.2 Å². The average Bonchev–Trinajstić information content (AvgIpc) is 2.84. The number of nitrogens with one attached hydrogen (secondary N) is 1. The second-order valence-electron chi connectivity index (χ2n) is 6.43. The quantitative estimate of drug-likeness (QED) is 0.798. The highest BCUT2D eigenvalue weighted by atomic mass is 79.9. The third-order valence-corrected chi connectivity index (χ3v) is 6.00. The van der Waals surface area contributed by atoms with Crippen LogP contribution in [0.3, 0.4) is 0 Å². The van der Waals surface area contributed by atoms with E-state index < -0.39 is 0 Å². The molecule has 1 fully saturated rings. The second kappa shape index (κ2) is 7.89. The van der Waals surface area contributed by atoms with Gasteiger partial charge >= 0.3 is 0 Å². The van der Waals surface area contributed by atoms with Crippen molar-refractivity contribution < 1.29 is 4.79 Å². The molecule has 25 heavy (non-hydrogen) atoms. The van der Waals surface area contributed by atoms with Crippen LogP contribution in [-0.4, -0.2) is 45.8 Å². The van der Waals surface area contributed by atoms with Crippen LogP contribution in [0.15, 0.2) is 28.7 Å². The molecule has 7 heteroatoms. The van der Waals surface area contributed by atoms with Gasteiger partial charge in [0.1, 0.15) is 0 Å². The molecule has 2 heterocycles. The van der Waals surface area contributed by atoms with Gasteiger partial charge in [-0.2, -0.15) is 5.10 Å². The Balaban J connectivity index is 0.00000225. The summed E-state index contributed by atoms with van der Waals surface area (Å²) in [4.78, 5) is 14.8. The Morgan fingerprint density at radius 1 is 1.24 bits per heavy atom. The molecular formula is C18H24BrClN4O. The molecule has 0 bridgehead atoms. The van der Waals surface area contributed by atoms with Gasteiger partial charge < -0.3 is 10.2 Å². The minimum absolute atomic E-state index is 0. The molecule has 3 rings (SSSR count). The Hall–Kier alpha value is -1.37. The Bertz CT molecular complexity index is 759. The molecule has 136 valence electrons. The van der Waals surface area contributed by atoms with Crippen molar-refractivity contribution in [2.45, 2.75) is 39.8 Å². The molecule has 1 aromatic heterocycles. The van der Waals surface area contributed by atoms with Crippen molar-refractivity contribution in [3.63, 3.8) is 0 Å². The summed E-state index contributed by atoms with van der Waals surface area (Å²) in [5.74, 6) is 0.0944. The third-order valence-electron chi connectivity index (χ3n) is 4.86. The van der Waals surface area contributed by atoms with Crippen molar-refractivity contribution in [2.75, 3.05) is 13.1 Å². The number of rotatable bonds is 2. The number of carbonyl (C=O) groups excluding carboxylic acids is 1. The highest BCUT2D eigenvalue weighted by Gasteiger charge is 2.28. The molecule has 0 radical (unpaired) electrons. The molecule has 1 saturated heterocycles. The van der Waals surface area contributed by atoms with Crippen molar-refractivity contribution >= 4 is 34.2 Å². The van der Waals surface area contributed by atoms with E-state index in [1.165, 1.54) is 0 Å². The van der Waals surface area contributed by atoms with Crippen LogP contribution in [0, 0.1) is 13.8 Å². The SMILES string of the molecule is Cc1nn(-c2ccc(C(=O)N3CCNC(C)C3C)cc2)c(C)c1Br.Cl. The van der Waals surface area contributed by atoms with E-state index in [9.17, 15) is 4.79 Å². The summed E-state index contributed by atoms with van der Waals surface area (Å²) in [6.45, 7) is 9.79. The first-order valence-electron chi connectivity index (χ1n) is 8.26. The first-order valence-corrected chi connectivity index (χ1v) is 9.06. The lowest BCUT2D eigenvalue weighted by Gasteiger charge is -2.38. The number of nitrogens with zero attached hydrogens (tertiary/aromatic N) is 3. The van der Waals surface area contributed by atoms with Crippen LogP contribution in [-0.2, 0) is 0 Å². The molecule has 1 aromatic carbocycles. The minimum Gasteiger partial charge on any atom is -0.333 e. The number of aryl methyl sites for hydroxylation is 1. The highest BCUT2D eigenvalue weighted by Crippen LogP contribution is 2.23. The predicted molar refractivity (Wildman–Crippen MR) is 106 cm³/mol. The molecule has 0 aliphatic carbocycles. The molecule has 0 spiro atoms. The van der Waals surface area contributed by atoms with Crippen molar-refractivity contribution in [2.24, 2.45) is 0 Å². The fourth-order valence-electron chi connectivity index (χ4n) is 3.13. The zero-order chi connectivity index (χ0) is 17.4. The van der Waals surface area contributed by atoms with Crippen LogP contribution in [0.4, 0.5) is 0 Å². The molecule has 2 aromatic rings. The molecule has 0 saturated carbocycles. The fourth-order valence-corrected chi connectivity index (χ4v) is 3.38. The number of amides is 1. The standard InChI is InChI=1S/C18H23BrN4O.ClH/c1-11-13(3)22(10-9-20-11)18(24)15-5-7-16(8-6-15)23-14(4)17(19)12(2)21-23;/h5-8,11,13,20H,9-10H2,1-4H3;1H. The molecule has 5 nitrogen and oxygen atoms in total. The van der Waals surface area contributed by atoms with E-state index in [0.717, 1.165) is 40.2 Å². The molecule has 2 unspecified atom stereocenters. The predicted octanol–water partition coefficient (Wildman–Crippen LogP) is 3.50. The van der Waals surface area contributed by atoms with E-state index in [-0.39, 0.29) is 24.4 Å². The van der Waals surface area contributed by atoms with Gasteiger partial charge in [0.25, 0.3) is 5.91 Å². The summed E-state index contributed by atoms with van der Waals surface area (Å²) in [5, 5.41) is 7.94. The maximum Gasteiger partial charge on any atom is 0.254 e. The lowest BCUT2D eigenvalue weighted by Crippen LogP contribution is -2.57. The minimum atomic E-state index is 0. The maximum atomic E-state index is 12.8. The zero-order valence-corrected chi connectivity index (χ0v) is 17.3. The van der Waals surface area contributed by atoms with E-state index in [4.69, 9.17) is 0 Å². The molecule has 2 atom stereocenters. The van der Waals surface area contributed by atoms with E-state index >= 15 is 0 Å². The number of benzene rings is 1. The summed E-state index contributed by atoms with van der Waals surface area (Å²) in [6.07, 6.45) is 0. The topological polar surface area (TPSA) is 50.2 Å². The number of halogens is 2. The van der Waals surface area contributed by atoms with Gasteiger partial charge in [0, 0.05) is 30.7 Å². The molecule has 1 amide bonds. The van der Waals surface area contributed by atoms with Crippen LogP contribution in [0.1, 0.15) is 35.6 Å². The van der Waals surface area contributed by atoms with Gasteiger partial charge in [-0.05, 0) is 67.9 Å².